The van der Waals surface area contributed by atoms with Crippen molar-refractivity contribution in [3.05, 3.63) is 75.3 Å². The minimum absolute atomic E-state index is 0.0526. The zero-order chi connectivity index (χ0) is 25.0. The van der Waals surface area contributed by atoms with Crippen molar-refractivity contribution in [2.75, 3.05) is 13.2 Å². The lowest BCUT2D eigenvalue weighted by molar-refractivity contribution is -0.165. The minimum Gasteiger partial charge on any atom is -0.435 e. The number of rotatable bonds is 10. The second-order valence-corrected chi connectivity index (χ2v) is 9.02. The number of carbonyl (C=O) groups is 1. The Hall–Kier alpha value is -3.05. The first-order valence-electron chi connectivity index (χ1n) is 10.6. The smallest absolute Gasteiger partial charge is 0.330 e. The summed E-state index contributed by atoms with van der Waals surface area (Å²) in [6.45, 7) is -0.780. The Morgan fingerprint density at radius 3 is 2.80 bits per heavy atom. The van der Waals surface area contributed by atoms with Crippen LogP contribution < -0.4 is 20.9 Å². The second kappa shape index (κ2) is 10.7. The van der Waals surface area contributed by atoms with E-state index in [4.69, 9.17) is 13.8 Å². The van der Waals surface area contributed by atoms with Crippen LogP contribution >= 0.6 is 8.53 Å². The number of H-pyrrole nitrogens is 1. The van der Waals surface area contributed by atoms with Gasteiger partial charge >= 0.3 is 14.2 Å². The molecule has 2 heterocycles. The van der Waals surface area contributed by atoms with Gasteiger partial charge in [0.1, 0.15) is 18.3 Å². The zero-order valence-corrected chi connectivity index (χ0v) is 19.1. The van der Waals surface area contributed by atoms with Gasteiger partial charge in [0.15, 0.2) is 5.60 Å². The quantitative estimate of drug-likeness (QED) is 0.318. The summed E-state index contributed by atoms with van der Waals surface area (Å²) in [5.74, 6) is -0.816. The maximum Gasteiger partial charge on any atom is 0.330 e. The van der Waals surface area contributed by atoms with E-state index in [2.05, 4.69) is 5.09 Å². The topological polar surface area (TPSA) is 112 Å². The van der Waals surface area contributed by atoms with Crippen LogP contribution in [0.1, 0.15) is 19.1 Å². The molecule has 0 amide bonds. The maximum atomic E-state index is 14.1. The monoisotopic (exact) mass is 511 g/mol. The number of aromatic nitrogens is 2. The minimum atomic E-state index is -3.02. The molecule has 0 aliphatic carbocycles. The standard InChI is InChI=1S/C22H21F3N3O6P/c23-16-12-28(21(31)27-19(16)30)18-8-9-22(33-18,20(24)25)13-32-35(26-10-11-29)34-17-7-3-5-14-4-1-2-6-15(14)17/h1-7,11-12,18,20,26H,8-10,13H2,(H,27,30,31). The molecule has 3 atom stereocenters. The fourth-order valence-electron chi connectivity index (χ4n) is 3.71. The van der Waals surface area contributed by atoms with Crippen molar-refractivity contribution in [2.24, 2.45) is 0 Å². The average Bonchev–Trinajstić information content (AvgIpc) is 3.29. The van der Waals surface area contributed by atoms with E-state index in [-0.39, 0.29) is 19.4 Å². The predicted molar refractivity (Wildman–Crippen MR) is 121 cm³/mol. The van der Waals surface area contributed by atoms with E-state index in [0.29, 0.717) is 18.2 Å². The number of fused-ring (bicyclic) bond motifs is 1. The molecular weight excluding hydrogens is 490 g/mol. The number of benzene rings is 2. The second-order valence-electron chi connectivity index (χ2n) is 7.75. The summed E-state index contributed by atoms with van der Waals surface area (Å²) in [6.07, 6.45) is -3.32. The first-order valence-corrected chi connectivity index (χ1v) is 11.7. The lowest BCUT2D eigenvalue weighted by Gasteiger charge is -2.30. The molecule has 186 valence electrons. The van der Waals surface area contributed by atoms with Gasteiger partial charge in [-0.2, -0.15) is 4.39 Å². The molecule has 0 bridgehead atoms. The number of aromatic amines is 1. The Bertz CT molecular complexity index is 1310. The summed E-state index contributed by atoms with van der Waals surface area (Å²) in [7, 11) is -2.04. The molecule has 0 saturated carbocycles. The number of hydrogen-bond donors (Lipinski definition) is 2. The lowest BCUT2D eigenvalue weighted by atomic mass is 10.0. The summed E-state index contributed by atoms with van der Waals surface area (Å²) < 4.78 is 59.7. The van der Waals surface area contributed by atoms with Crippen molar-refractivity contribution in [2.45, 2.75) is 31.1 Å². The molecule has 13 heteroatoms. The summed E-state index contributed by atoms with van der Waals surface area (Å²) in [5, 5.41) is 4.39. The molecule has 35 heavy (non-hydrogen) atoms. The average molecular weight is 511 g/mol. The Balaban J connectivity index is 1.52. The number of nitrogens with zero attached hydrogens (tertiary/aromatic N) is 1. The van der Waals surface area contributed by atoms with Crippen LogP contribution in [0, 0.1) is 5.82 Å². The van der Waals surface area contributed by atoms with Crippen LogP contribution in [0.2, 0.25) is 0 Å². The van der Waals surface area contributed by atoms with Gasteiger partial charge in [-0.3, -0.25) is 14.3 Å². The van der Waals surface area contributed by atoms with E-state index < -0.39 is 50.5 Å². The number of ether oxygens (including phenoxy) is 1. The van der Waals surface area contributed by atoms with Gasteiger partial charge in [0.2, 0.25) is 5.82 Å². The van der Waals surface area contributed by atoms with Gasteiger partial charge in [-0.25, -0.2) is 18.7 Å². The highest BCUT2D eigenvalue weighted by atomic mass is 31.2. The molecule has 1 fully saturated rings. The lowest BCUT2D eigenvalue weighted by Crippen LogP contribution is -2.43. The molecule has 1 saturated heterocycles. The van der Waals surface area contributed by atoms with Crippen LogP contribution in [-0.2, 0) is 14.1 Å². The summed E-state index contributed by atoms with van der Waals surface area (Å²) in [5.41, 5.74) is -4.32. The molecule has 0 radical (unpaired) electrons. The molecular formula is C22H21F3N3O6P. The van der Waals surface area contributed by atoms with Crippen LogP contribution in [-0.4, -0.2) is 41.0 Å². The largest absolute Gasteiger partial charge is 0.435 e. The Kier molecular flexibility index (Phi) is 7.66. The molecule has 4 rings (SSSR count). The Morgan fingerprint density at radius 1 is 1.26 bits per heavy atom. The predicted octanol–water partition coefficient (Wildman–Crippen LogP) is 3.25. The van der Waals surface area contributed by atoms with Gasteiger partial charge in [-0.1, -0.05) is 36.4 Å². The number of alkyl halides is 2. The highest BCUT2D eigenvalue weighted by molar-refractivity contribution is 7.45. The number of nitrogens with one attached hydrogen (secondary N) is 2. The highest BCUT2D eigenvalue weighted by Gasteiger charge is 2.49. The van der Waals surface area contributed by atoms with Crippen LogP contribution in [0.25, 0.3) is 10.8 Å². The summed E-state index contributed by atoms with van der Waals surface area (Å²) in [6, 6.07) is 12.7. The molecule has 2 aromatic carbocycles. The van der Waals surface area contributed by atoms with E-state index in [1.807, 2.05) is 30.3 Å². The van der Waals surface area contributed by atoms with Gasteiger partial charge in [0.25, 0.3) is 12.0 Å². The fourth-order valence-corrected chi connectivity index (χ4v) is 4.81. The van der Waals surface area contributed by atoms with Crippen LogP contribution in [0.5, 0.6) is 5.75 Å². The Morgan fingerprint density at radius 2 is 2.03 bits per heavy atom. The molecule has 3 aromatic rings. The third kappa shape index (κ3) is 5.46. The molecule has 0 spiro atoms. The van der Waals surface area contributed by atoms with Crippen LogP contribution in [0.15, 0.2) is 58.3 Å². The van der Waals surface area contributed by atoms with E-state index in [1.54, 1.807) is 17.1 Å². The Labute approximate surface area is 197 Å². The summed E-state index contributed by atoms with van der Waals surface area (Å²) in [4.78, 5) is 36.0. The van der Waals surface area contributed by atoms with Gasteiger partial charge in [-0.15, -0.1) is 0 Å². The normalized spacial score (nSPS) is 20.9. The van der Waals surface area contributed by atoms with Crippen LogP contribution in [0.4, 0.5) is 13.2 Å². The van der Waals surface area contributed by atoms with Gasteiger partial charge in [-0.05, 0) is 24.3 Å². The first kappa shape index (κ1) is 25.1. The number of carbonyl (C=O) groups excluding carboxylic acids is 1. The van der Waals surface area contributed by atoms with Crippen molar-refractivity contribution >= 4 is 25.6 Å². The molecule has 9 nitrogen and oxygen atoms in total. The van der Waals surface area contributed by atoms with Crippen molar-refractivity contribution < 1.29 is 31.8 Å². The SMILES string of the molecule is O=CCNP(OCC1(C(F)F)CCC(n2cc(F)c(=O)[nH]c2=O)O1)Oc1cccc2ccccc12. The van der Waals surface area contributed by atoms with Crippen molar-refractivity contribution in [3.8, 4) is 5.75 Å². The number of aldehydes is 1. The van der Waals surface area contributed by atoms with Gasteiger partial charge in [0, 0.05) is 5.39 Å². The maximum absolute atomic E-state index is 14.1. The van der Waals surface area contributed by atoms with E-state index in [0.717, 1.165) is 15.3 Å². The van der Waals surface area contributed by atoms with Crippen molar-refractivity contribution in [1.29, 1.82) is 0 Å². The third-order valence-electron chi connectivity index (χ3n) is 5.48. The first-order chi connectivity index (χ1) is 16.8. The number of hydrogen-bond acceptors (Lipinski definition) is 7. The number of halogens is 3. The zero-order valence-electron chi connectivity index (χ0n) is 18.2. The molecule has 1 aromatic heterocycles. The molecule has 1 aliphatic rings. The molecule has 3 unspecified atom stereocenters. The van der Waals surface area contributed by atoms with E-state index in [9.17, 15) is 27.6 Å². The van der Waals surface area contributed by atoms with E-state index in [1.165, 1.54) is 0 Å². The van der Waals surface area contributed by atoms with Gasteiger partial charge in [0.05, 0.1) is 19.3 Å². The highest BCUT2D eigenvalue weighted by Crippen LogP contribution is 2.44. The van der Waals surface area contributed by atoms with Crippen LogP contribution in [0.3, 0.4) is 0 Å². The van der Waals surface area contributed by atoms with Crippen molar-refractivity contribution in [3.63, 3.8) is 0 Å². The fraction of sp³-hybridized carbons (Fsp3) is 0.318. The van der Waals surface area contributed by atoms with Gasteiger partial charge < -0.3 is 18.6 Å². The summed E-state index contributed by atoms with van der Waals surface area (Å²) >= 11 is 0. The molecule has 2 N–H and O–H groups in total. The third-order valence-corrected chi connectivity index (χ3v) is 6.65. The molecule has 1 aliphatic heterocycles. The van der Waals surface area contributed by atoms with Crippen molar-refractivity contribution in [1.82, 2.24) is 14.6 Å². The van der Waals surface area contributed by atoms with E-state index >= 15 is 0 Å².